The Morgan fingerprint density at radius 2 is 1.68 bits per heavy atom. The summed E-state index contributed by atoms with van der Waals surface area (Å²) in [5.74, 6) is 1.10. The van der Waals surface area contributed by atoms with Crippen LogP contribution in [0.1, 0.15) is 12.5 Å². The van der Waals surface area contributed by atoms with Gasteiger partial charge >= 0.3 is 0 Å². The normalized spacial score (nSPS) is 11.8. The van der Waals surface area contributed by atoms with Crippen molar-refractivity contribution in [2.75, 3.05) is 0 Å². The number of hydrogen-bond acceptors (Lipinski definition) is 5. The first kappa shape index (κ1) is 17.6. The van der Waals surface area contributed by atoms with Crippen LogP contribution < -0.4 is 9.47 Å². The van der Waals surface area contributed by atoms with E-state index in [1.807, 2.05) is 61.5 Å². The van der Waals surface area contributed by atoms with E-state index in [1.165, 1.54) is 17.3 Å². The van der Waals surface area contributed by atoms with Crippen molar-refractivity contribution < 1.29 is 9.47 Å². The molecule has 128 valence electrons. The van der Waals surface area contributed by atoms with Crippen LogP contribution in [0.3, 0.4) is 0 Å². The molecule has 1 atom stereocenters. The number of aromatic nitrogens is 2. The first-order valence-corrected chi connectivity index (χ1v) is 8.95. The molecule has 0 N–H and O–H groups in total. The lowest BCUT2D eigenvalue weighted by atomic mass is 10.2. The average molecular weight is 373 g/mol. The second-order valence-corrected chi connectivity index (χ2v) is 6.77. The number of rotatable bonds is 6. The van der Waals surface area contributed by atoms with Crippen LogP contribution in [0, 0.1) is 6.92 Å². The predicted molar refractivity (Wildman–Crippen MR) is 99.5 cm³/mol. The molecule has 1 unspecified atom stereocenters. The number of hydrogen-bond donors (Lipinski definition) is 0. The van der Waals surface area contributed by atoms with Gasteiger partial charge in [-0.3, -0.25) is 0 Å². The van der Waals surface area contributed by atoms with Crippen LogP contribution in [-0.4, -0.2) is 16.3 Å². The Bertz CT molecular complexity index is 829. The van der Waals surface area contributed by atoms with Gasteiger partial charge in [0.2, 0.25) is 12.2 Å². The van der Waals surface area contributed by atoms with Gasteiger partial charge in [0.1, 0.15) is 10.9 Å². The van der Waals surface area contributed by atoms with Gasteiger partial charge in [-0.25, -0.2) is 4.98 Å². The topological polar surface area (TPSA) is 44.2 Å². The SMILES string of the molecule is Cc1ccc(Sc2nc(Cl)cc(OC(C)Oc3ccccc3)n2)cc1. The molecule has 4 nitrogen and oxygen atoms in total. The molecule has 0 fully saturated rings. The van der Waals surface area contributed by atoms with Crippen LogP contribution in [0.2, 0.25) is 5.15 Å². The molecular formula is C19H17ClN2O2S. The molecule has 1 aromatic heterocycles. The van der Waals surface area contributed by atoms with Gasteiger partial charge < -0.3 is 9.47 Å². The molecule has 0 radical (unpaired) electrons. The summed E-state index contributed by atoms with van der Waals surface area (Å²) < 4.78 is 11.4. The molecule has 0 aliphatic rings. The molecule has 3 rings (SSSR count). The van der Waals surface area contributed by atoms with E-state index in [2.05, 4.69) is 9.97 Å². The van der Waals surface area contributed by atoms with Gasteiger partial charge in [0.25, 0.3) is 0 Å². The Morgan fingerprint density at radius 1 is 0.960 bits per heavy atom. The summed E-state index contributed by atoms with van der Waals surface area (Å²) in [4.78, 5) is 9.67. The van der Waals surface area contributed by atoms with E-state index in [0.717, 1.165) is 10.6 Å². The zero-order chi connectivity index (χ0) is 17.6. The molecule has 3 aromatic rings. The maximum atomic E-state index is 6.10. The Labute approximate surface area is 156 Å². The van der Waals surface area contributed by atoms with Crippen molar-refractivity contribution in [3.8, 4) is 11.6 Å². The van der Waals surface area contributed by atoms with Crippen LogP contribution >= 0.6 is 23.4 Å². The monoisotopic (exact) mass is 372 g/mol. The number of aryl methyl sites for hydroxylation is 1. The van der Waals surface area contributed by atoms with Gasteiger partial charge in [-0.15, -0.1) is 0 Å². The highest BCUT2D eigenvalue weighted by molar-refractivity contribution is 7.99. The Balaban J connectivity index is 1.69. The highest BCUT2D eigenvalue weighted by Gasteiger charge is 2.11. The van der Waals surface area contributed by atoms with Gasteiger partial charge in [0.05, 0.1) is 0 Å². The van der Waals surface area contributed by atoms with E-state index >= 15 is 0 Å². The fraction of sp³-hybridized carbons (Fsp3) is 0.158. The molecule has 25 heavy (non-hydrogen) atoms. The predicted octanol–water partition coefficient (Wildman–Crippen LogP) is 5.39. The second-order valence-electron chi connectivity index (χ2n) is 5.34. The van der Waals surface area contributed by atoms with E-state index in [0.29, 0.717) is 16.2 Å². The first-order valence-electron chi connectivity index (χ1n) is 7.76. The third-order valence-electron chi connectivity index (χ3n) is 3.21. The van der Waals surface area contributed by atoms with Crippen molar-refractivity contribution in [3.05, 3.63) is 71.4 Å². The van der Waals surface area contributed by atoms with E-state index in [9.17, 15) is 0 Å². The quantitative estimate of drug-likeness (QED) is 0.329. The number of para-hydroxylation sites is 1. The zero-order valence-electron chi connectivity index (χ0n) is 13.8. The minimum atomic E-state index is -0.509. The molecule has 0 aliphatic carbocycles. The Kier molecular flexibility index (Phi) is 5.79. The maximum Gasteiger partial charge on any atom is 0.240 e. The molecule has 0 amide bonds. The summed E-state index contributed by atoms with van der Waals surface area (Å²) in [6, 6.07) is 19.2. The van der Waals surface area contributed by atoms with Crippen LogP contribution in [0.25, 0.3) is 0 Å². The molecule has 0 aliphatic heterocycles. The highest BCUT2D eigenvalue weighted by Crippen LogP contribution is 2.28. The van der Waals surface area contributed by atoms with Crippen LogP contribution in [0.5, 0.6) is 11.6 Å². The van der Waals surface area contributed by atoms with Crippen molar-refractivity contribution in [2.24, 2.45) is 0 Å². The van der Waals surface area contributed by atoms with Crippen molar-refractivity contribution in [2.45, 2.75) is 30.2 Å². The fourth-order valence-corrected chi connectivity index (χ4v) is 3.07. The van der Waals surface area contributed by atoms with Crippen molar-refractivity contribution in [1.82, 2.24) is 9.97 Å². The third-order valence-corrected chi connectivity index (χ3v) is 4.28. The Morgan fingerprint density at radius 3 is 2.40 bits per heavy atom. The minimum Gasteiger partial charge on any atom is -0.455 e. The third kappa shape index (κ3) is 5.37. The van der Waals surface area contributed by atoms with Gasteiger partial charge in [-0.1, -0.05) is 47.5 Å². The van der Waals surface area contributed by atoms with Crippen molar-refractivity contribution in [1.29, 1.82) is 0 Å². The van der Waals surface area contributed by atoms with E-state index in [4.69, 9.17) is 21.1 Å². The van der Waals surface area contributed by atoms with Crippen LogP contribution in [-0.2, 0) is 0 Å². The number of benzene rings is 2. The van der Waals surface area contributed by atoms with Gasteiger partial charge in [-0.05, 0) is 43.0 Å². The van der Waals surface area contributed by atoms with E-state index in [1.54, 1.807) is 13.0 Å². The molecule has 0 saturated carbocycles. The first-order chi connectivity index (χ1) is 12.1. The largest absolute Gasteiger partial charge is 0.455 e. The molecule has 0 saturated heterocycles. The standard InChI is InChI=1S/C19H17ClN2O2S/c1-13-8-10-16(11-9-13)25-19-21-17(20)12-18(22-19)24-14(2)23-15-6-4-3-5-7-15/h3-12,14H,1-2H3. The van der Waals surface area contributed by atoms with Crippen LogP contribution in [0.15, 0.2) is 70.7 Å². The molecule has 2 aromatic carbocycles. The Hall–Kier alpha value is -2.24. The van der Waals surface area contributed by atoms with Crippen LogP contribution in [0.4, 0.5) is 0 Å². The lowest BCUT2D eigenvalue weighted by Gasteiger charge is -2.16. The summed E-state index contributed by atoms with van der Waals surface area (Å²) in [6.07, 6.45) is -0.509. The summed E-state index contributed by atoms with van der Waals surface area (Å²) in [7, 11) is 0. The second kappa shape index (κ2) is 8.23. The molecule has 0 bridgehead atoms. The minimum absolute atomic E-state index is 0.325. The average Bonchev–Trinajstić information content (AvgIpc) is 2.57. The summed E-state index contributed by atoms with van der Waals surface area (Å²) in [6.45, 7) is 3.85. The molecule has 1 heterocycles. The van der Waals surface area contributed by atoms with Crippen molar-refractivity contribution in [3.63, 3.8) is 0 Å². The fourth-order valence-electron chi connectivity index (χ4n) is 2.08. The zero-order valence-corrected chi connectivity index (χ0v) is 15.4. The van der Waals surface area contributed by atoms with E-state index < -0.39 is 6.29 Å². The van der Waals surface area contributed by atoms with E-state index in [-0.39, 0.29) is 0 Å². The van der Waals surface area contributed by atoms with Gasteiger partial charge in [-0.2, -0.15) is 4.98 Å². The maximum absolute atomic E-state index is 6.10. The van der Waals surface area contributed by atoms with Gasteiger partial charge in [0, 0.05) is 17.9 Å². The molecular weight excluding hydrogens is 356 g/mol. The molecule has 0 spiro atoms. The number of nitrogens with zero attached hydrogens (tertiary/aromatic N) is 2. The summed E-state index contributed by atoms with van der Waals surface area (Å²) in [5, 5.41) is 0.852. The van der Waals surface area contributed by atoms with Gasteiger partial charge in [0.15, 0.2) is 5.16 Å². The smallest absolute Gasteiger partial charge is 0.240 e. The summed E-state index contributed by atoms with van der Waals surface area (Å²) >= 11 is 7.53. The highest BCUT2D eigenvalue weighted by atomic mass is 35.5. The lowest BCUT2D eigenvalue weighted by molar-refractivity contribution is 0.0180. The summed E-state index contributed by atoms with van der Waals surface area (Å²) in [5.41, 5.74) is 1.20. The number of halogens is 1. The number of ether oxygens (including phenoxy) is 2. The van der Waals surface area contributed by atoms with Crippen molar-refractivity contribution >= 4 is 23.4 Å². The molecule has 6 heteroatoms. The lowest BCUT2D eigenvalue weighted by Crippen LogP contribution is -2.20.